The first-order valence-electron chi connectivity index (χ1n) is 5.18. The number of nitrogens with zero attached hydrogens (tertiary/aromatic N) is 2. The second-order valence-electron chi connectivity index (χ2n) is 3.39. The highest BCUT2D eigenvalue weighted by Crippen LogP contribution is 2.25. The number of rotatable bonds is 2. The fourth-order valence-corrected chi connectivity index (χ4v) is 1.39. The van der Waals surface area contributed by atoms with Crippen molar-refractivity contribution in [2.24, 2.45) is 0 Å². The Kier molecular flexibility index (Phi) is 4.90. The Morgan fingerprint density at radius 2 is 1.89 bits per heavy atom. The molecule has 1 heterocycles. The fourth-order valence-electron chi connectivity index (χ4n) is 1.39. The van der Waals surface area contributed by atoms with Crippen molar-refractivity contribution in [1.82, 2.24) is 4.98 Å². The highest BCUT2D eigenvalue weighted by Gasteiger charge is 2.12. The standard InChI is InChI=1S/C11H8FN3O2.CH4O/c12-8-3-1-7(2-4-8)10-5-9(13)11(6-14-10)15(16)17;1-2/h1-6H,(H2,13,14);2H,1H3. The van der Waals surface area contributed by atoms with Crippen LogP contribution in [0.4, 0.5) is 15.8 Å². The number of anilines is 1. The first kappa shape index (κ1) is 14.5. The molecule has 0 aliphatic rings. The molecule has 0 unspecified atom stereocenters. The number of aliphatic hydroxyl groups is 1. The SMILES string of the molecule is CO.Nc1cc(-c2ccc(F)cc2)ncc1[N+](=O)[O-]. The van der Waals surface area contributed by atoms with Gasteiger partial charge in [0.2, 0.25) is 0 Å². The number of aliphatic hydroxyl groups excluding tert-OH is 1. The van der Waals surface area contributed by atoms with Gasteiger partial charge in [0.05, 0.1) is 10.6 Å². The van der Waals surface area contributed by atoms with Crippen molar-refractivity contribution >= 4 is 11.4 Å². The van der Waals surface area contributed by atoms with Crippen LogP contribution in [0.3, 0.4) is 0 Å². The van der Waals surface area contributed by atoms with Crippen molar-refractivity contribution in [1.29, 1.82) is 0 Å². The Morgan fingerprint density at radius 3 is 2.37 bits per heavy atom. The average Bonchev–Trinajstić information content (AvgIpc) is 2.41. The molecule has 19 heavy (non-hydrogen) atoms. The lowest BCUT2D eigenvalue weighted by atomic mass is 10.1. The van der Waals surface area contributed by atoms with Crippen molar-refractivity contribution in [3.8, 4) is 11.3 Å². The topological polar surface area (TPSA) is 102 Å². The van der Waals surface area contributed by atoms with E-state index in [1.165, 1.54) is 30.3 Å². The molecule has 7 heteroatoms. The van der Waals surface area contributed by atoms with Crippen LogP contribution in [0.25, 0.3) is 11.3 Å². The third-order valence-electron chi connectivity index (χ3n) is 2.25. The van der Waals surface area contributed by atoms with E-state index in [0.29, 0.717) is 11.3 Å². The lowest BCUT2D eigenvalue weighted by Crippen LogP contribution is -1.97. The van der Waals surface area contributed by atoms with E-state index in [2.05, 4.69) is 4.98 Å². The summed E-state index contributed by atoms with van der Waals surface area (Å²) < 4.78 is 12.7. The van der Waals surface area contributed by atoms with Crippen LogP contribution in [-0.4, -0.2) is 22.1 Å². The number of nitrogens with two attached hydrogens (primary N) is 1. The number of hydrogen-bond donors (Lipinski definition) is 2. The van der Waals surface area contributed by atoms with Crippen LogP contribution >= 0.6 is 0 Å². The Labute approximate surface area is 108 Å². The third-order valence-corrected chi connectivity index (χ3v) is 2.25. The Hall–Kier alpha value is -2.54. The molecule has 0 atom stereocenters. The molecule has 2 rings (SSSR count). The van der Waals surface area contributed by atoms with Crippen LogP contribution in [-0.2, 0) is 0 Å². The van der Waals surface area contributed by atoms with Gasteiger partial charge in [-0.1, -0.05) is 0 Å². The maximum atomic E-state index is 12.7. The summed E-state index contributed by atoms with van der Waals surface area (Å²) in [5.41, 5.74) is 6.44. The van der Waals surface area contributed by atoms with Gasteiger partial charge in [-0.25, -0.2) is 9.37 Å². The molecule has 1 aromatic heterocycles. The van der Waals surface area contributed by atoms with Gasteiger partial charge in [0, 0.05) is 12.7 Å². The Balaban J connectivity index is 0.000000861. The average molecular weight is 265 g/mol. The van der Waals surface area contributed by atoms with Gasteiger partial charge in [-0.3, -0.25) is 10.1 Å². The summed E-state index contributed by atoms with van der Waals surface area (Å²) in [5, 5.41) is 17.6. The van der Waals surface area contributed by atoms with Gasteiger partial charge in [-0.05, 0) is 30.3 Å². The minimum absolute atomic E-state index is 0.0318. The largest absolute Gasteiger partial charge is 0.400 e. The molecule has 100 valence electrons. The van der Waals surface area contributed by atoms with E-state index >= 15 is 0 Å². The molecule has 0 radical (unpaired) electrons. The normalized spacial score (nSPS) is 9.42. The van der Waals surface area contributed by atoms with Crippen molar-refractivity contribution in [3.05, 3.63) is 52.5 Å². The monoisotopic (exact) mass is 265 g/mol. The molecule has 6 nitrogen and oxygen atoms in total. The van der Waals surface area contributed by atoms with Gasteiger partial charge in [-0.15, -0.1) is 0 Å². The Bertz CT molecular complexity index is 573. The number of aromatic nitrogens is 1. The molecule has 0 bridgehead atoms. The van der Waals surface area contributed by atoms with Crippen LogP contribution < -0.4 is 5.73 Å². The summed E-state index contributed by atoms with van der Waals surface area (Å²) >= 11 is 0. The van der Waals surface area contributed by atoms with Crippen molar-refractivity contribution < 1.29 is 14.4 Å². The van der Waals surface area contributed by atoms with E-state index in [1.807, 2.05) is 0 Å². The van der Waals surface area contributed by atoms with Crippen LogP contribution in [0.15, 0.2) is 36.5 Å². The molecule has 0 spiro atoms. The van der Waals surface area contributed by atoms with E-state index in [9.17, 15) is 14.5 Å². The molecular formula is C12H12FN3O3. The number of pyridine rings is 1. The predicted octanol–water partition coefficient (Wildman–Crippen LogP) is 1.99. The second kappa shape index (κ2) is 6.41. The summed E-state index contributed by atoms with van der Waals surface area (Å²) in [5.74, 6) is -0.358. The van der Waals surface area contributed by atoms with Gasteiger partial charge >= 0.3 is 5.69 Å². The lowest BCUT2D eigenvalue weighted by molar-refractivity contribution is -0.384. The highest BCUT2D eigenvalue weighted by molar-refractivity contribution is 5.68. The molecule has 0 aliphatic carbocycles. The molecule has 3 N–H and O–H groups in total. The summed E-state index contributed by atoms with van der Waals surface area (Å²) in [6.07, 6.45) is 1.09. The first-order chi connectivity index (χ1) is 9.08. The third kappa shape index (κ3) is 3.46. The van der Waals surface area contributed by atoms with Crippen molar-refractivity contribution in [2.75, 3.05) is 12.8 Å². The van der Waals surface area contributed by atoms with Gasteiger partial charge < -0.3 is 10.8 Å². The summed E-state index contributed by atoms with van der Waals surface area (Å²) in [6, 6.07) is 7.03. The molecular weight excluding hydrogens is 253 g/mol. The van der Waals surface area contributed by atoms with E-state index in [-0.39, 0.29) is 17.2 Å². The molecule has 0 fully saturated rings. The molecule has 0 saturated carbocycles. The summed E-state index contributed by atoms with van der Waals surface area (Å²) in [6.45, 7) is 0. The minimum Gasteiger partial charge on any atom is -0.400 e. The zero-order chi connectivity index (χ0) is 14.4. The number of hydrogen-bond acceptors (Lipinski definition) is 5. The summed E-state index contributed by atoms with van der Waals surface area (Å²) in [4.78, 5) is 13.9. The van der Waals surface area contributed by atoms with Crippen LogP contribution in [0.5, 0.6) is 0 Å². The number of nitrogen functional groups attached to an aromatic ring is 1. The van der Waals surface area contributed by atoms with Crippen molar-refractivity contribution in [2.45, 2.75) is 0 Å². The second-order valence-corrected chi connectivity index (χ2v) is 3.39. The van der Waals surface area contributed by atoms with Gasteiger partial charge in [0.25, 0.3) is 0 Å². The van der Waals surface area contributed by atoms with Crippen LogP contribution in [0, 0.1) is 15.9 Å². The zero-order valence-corrected chi connectivity index (χ0v) is 10.1. The smallest absolute Gasteiger partial charge is 0.310 e. The van der Waals surface area contributed by atoms with Crippen LogP contribution in [0.2, 0.25) is 0 Å². The molecule has 0 saturated heterocycles. The van der Waals surface area contributed by atoms with Gasteiger partial charge in [0.1, 0.15) is 17.7 Å². The van der Waals surface area contributed by atoms with Gasteiger partial charge in [0.15, 0.2) is 0 Å². The fraction of sp³-hybridized carbons (Fsp3) is 0.0833. The van der Waals surface area contributed by atoms with E-state index in [0.717, 1.165) is 13.3 Å². The van der Waals surface area contributed by atoms with E-state index in [1.54, 1.807) is 0 Å². The Morgan fingerprint density at radius 1 is 1.32 bits per heavy atom. The molecule has 0 amide bonds. The maximum absolute atomic E-state index is 12.7. The summed E-state index contributed by atoms with van der Waals surface area (Å²) in [7, 11) is 1.00. The number of benzene rings is 1. The van der Waals surface area contributed by atoms with Crippen molar-refractivity contribution in [3.63, 3.8) is 0 Å². The molecule has 1 aromatic carbocycles. The predicted molar refractivity (Wildman–Crippen MR) is 68.8 cm³/mol. The van der Waals surface area contributed by atoms with Crippen LogP contribution in [0.1, 0.15) is 0 Å². The zero-order valence-electron chi connectivity index (χ0n) is 10.1. The first-order valence-corrected chi connectivity index (χ1v) is 5.18. The number of halogens is 1. The highest BCUT2D eigenvalue weighted by atomic mass is 19.1. The van der Waals surface area contributed by atoms with E-state index < -0.39 is 4.92 Å². The van der Waals surface area contributed by atoms with Gasteiger partial charge in [-0.2, -0.15) is 0 Å². The van der Waals surface area contributed by atoms with E-state index in [4.69, 9.17) is 10.8 Å². The number of nitro groups is 1. The quantitative estimate of drug-likeness (QED) is 0.638. The molecule has 0 aliphatic heterocycles. The lowest BCUT2D eigenvalue weighted by Gasteiger charge is -2.02. The molecule has 2 aromatic rings. The minimum atomic E-state index is -0.600. The maximum Gasteiger partial charge on any atom is 0.310 e.